The molecule has 2 heterocycles. The van der Waals surface area contributed by atoms with Gasteiger partial charge in [0, 0.05) is 29.4 Å². The fourth-order valence-corrected chi connectivity index (χ4v) is 4.63. The molecule has 4 rings (SSSR count). The first kappa shape index (κ1) is 27.8. The van der Waals surface area contributed by atoms with Crippen LogP contribution in [0.2, 0.25) is 0 Å². The Morgan fingerprint density at radius 2 is 1.74 bits per heavy atom. The third-order valence-electron chi connectivity index (χ3n) is 6.50. The van der Waals surface area contributed by atoms with Crippen LogP contribution in [-0.2, 0) is 20.7 Å². The highest BCUT2D eigenvalue weighted by Crippen LogP contribution is 2.24. The van der Waals surface area contributed by atoms with Crippen LogP contribution >= 0.6 is 0 Å². The third-order valence-corrected chi connectivity index (χ3v) is 6.50. The molecule has 0 fully saturated rings. The molecule has 204 valence electrons. The second-order valence-corrected chi connectivity index (χ2v) is 9.79. The average Bonchev–Trinajstić information content (AvgIpc) is 3.33. The molecule has 0 saturated carbocycles. The largest absolute Gasteiger partial charge is 0.491 e. The number of hydrogen-bond acceptors (Lipinski definition) is 6. The molecular formula is C31H36N4O4. The molecule has 8 heteroatoms. The minimum atomic E-state index is -0.507. The molecule has 0 unspecified atom stereocenters. The highest BCUT2D eigenvalue weighted by atomic mass is 16.5. The van der Waals surface area contributed by atoms with Gasteiger partial charge in [0.25, 0.3) is 0 Å². The Labute approximate surface area is 229 Å². The molecule has 1 N–H and O–H groups in total. The number of hydrogen-bond donors (Lipinski definition) is 1. The Morgan fingerprint density at radius 1 is 1.03 bits per heavy atom. The van der Waals surface area contributed by atoms with E-state index in [1.54, 1.807) is 6.92 Å². The summed E-state index contributed by atoms with van der Waals surface area (Å²) in [5.41, 5.74) is 6.28. The van der Waals surface area contributed by atoms with Crippen LogP contribution < -0.4 is 10.1 Å². The zero-order valence-electron chi connectivity index (χ0n) is 23.2. The van der Waals surface area contributed by atoms with Gasteiger partial charge in [-0.05, 0) is 64.3 Å². The second kappa shape index (κ2) is 12.6. The summed E-state index contributed by atoms with van der Waals surface area (Å²) in [6, 6.07) is 18.9. The number of nitrogens with one attached hydrogen (secondary N) is 1. The number of nitrogens with zero attached hydrogens (tertiary/aromatic N) is 3. The Hall–Kier alpha value is -4.20. The average molecular weight is 529 g/mol. The van der Waals surface area contributed by atoms with Crippen LogP contribution in [0.5, 0.6) is 5.75 Å². The van der Waals surface area contributed by atoms with Gasteiger partial charge in [-0.3, -0.25) is 9.59 Å². The molecule has 39 heavy (non-hydrogen) atoms. The quantitative estimate of drug-likeness (QED) is 0.257. The fraction of sp³-hybridized carbons (Fsp3) is 0.355. The van der Waals surface area contributed by atoms with E-state index in [2.05, 4.69) is 5.32 Å². The van der Waals surface area contributed by atoms with Crippen LogP contribution in [0.25, 0.3) is 16.9 Å². The first-order valence-corrected chi connectivity index (χ1v) is 13.4. The molecule has 0 saturated heterocycles. The van der Waals surface area contributed by atoms with Gasteiger partial charge in [0.1, 0.15) is 5.75 Å². The first-order chi connectivity index (χ1) is 18.7. The molecule has 0 bridgehead atoms. The summed E-state index contributed by atoms with van der Waals surface area (Å²) in [6.07, 6.45) is 0.846. The molecule has 0 spiro atoms. The normalized spacial score (nSPS) is 11.9. The maximum atomic E-state index is 13.1. The molecular weight excluding hydrogens is 492 g/mol. The molecule has 1 atom stereocenters. The van der Waals surface area contributed by atoms with E-state index in [1.165, 1.54) is 0 Å². The fourth-order valence-electron chi connectivity index (χ4n) is 4.63. The van der Waals surface area contributed by atoms with Crippen LogP contribution in [0.1, 0.15) is 62.2 Å². The Morgan fingerprint density at radius 3 is 2.41 bits per heavy atom. The molecule has 8 nitrogen and oxygen atoms in total. The van der Waals surface area contributed by atoms with Crippen LogP contribution in [-0.4, -0.2) is 39.2 Å². The van der Waals surface area contributed by atoms with Gasteiger partial charge in [-0.15, -0.1) is 0 Å². The first-order valence-electron chi connectivity index (χ1n) is 13.4. The summed E-state index contributed by atoms with van der Waals surface area (Å²) < 4.78 is 12.7. The summed E-state index contributed by atoms with van der Waals surface area (Å²) >= 11 is 0. The zero-order chi connectivity index (χ0) is 27.9. The van der Waals surface area contributed by atoms with Gasteiger partial charge in [-0.2, -0.15) is 5.10 Å². The van der Waals surface area contributed by atoms with E-state index in [1.807, 2.05) is 92.9 Å². The Balaban J connectivity index is 1.49. The summed E-state index contributed by atoms with van der Waals surface area (Å²) in [6.45, 7) is 9.93. The standard InChI is InChI=1S/C31H36N4O4/c1-6-38-31(37)19-27(24-12-14-25(15-13-24)39-20(2)3)33-30(36)17-16-26-21(4)32-29-18-28(34-35(29)22(26)5)23-10-8-7-9-11-23/h7-15,18,20,27H,6,16-17,19H2,1-5H3,(H,33,36)/t27-/m0/s1. The van der Waals surface area contributed by atoms with Crippen molar-refractivity contribution >= 4 is 17.5 Å². The Kier molecular flexibility index (Phi) is 8.96. The highest BCUT2D eigenvalue weighted by molar-refractivity contribution is 5.78. The lowest BCUT2D eigenvalue weighted by atomic mass is 10.0. The van der Waals surface area contributed by atoms with E-state index in [9.17, 15) is 9.59 Å². The van der Waals surface area contributed by atoms with Crippen molar-refractivity contribution in [3.8, 4) is 17.0 Å². The van der Waals surface area contributed by atoms with Crippen molar-refractivity contribution in [3.63, 3.8) is 0 Å². The minimum absolute atomic E-state index is 0.0467. The van der Waals surface area contributed by atoms with Gasteiger partial charge < -0.3 is 14.8 Å². The highest BCUT2D eigenvalue weighted by Gasteiger charge is 2.21. The van der Waals surface area contributed by atoms with Gasteiger partial charge in [0.15, 0.2) is 5.65 Å². The SMILES string of the molecule is CCOC(=O)C[C@H](NC(=O)CCc1c(C)nc2cc(-c3ccccc3)nn2c1C)c1ccc(OC(C)C)cc1. The topological polar surface area (TPSA) is 94.8 Å². The van der Waals surface area contributed by atoms with Crippen LogP contribution in [0.4, 0.5) is 0 Å². The van der Waals surface area contributed by atoms with Crippen molar-refractivity contribution < 1.29 is 19.1 Å². The van der Waals surface area contributed by atoms with Crippen molar-refractivity contribution in [3.05, 3.63) is 83.2 Å². The number of aryl methyl sites for hydroxylation is 2. The van der Waals surface area contributed by atoms with Crippen LogP contribution in [0, 0.1) is 13.8 Å². The van der Waals surface area contributed by atoms with E-state index < -0.39 is 6.04 Å². The minimum Gasteiger partial charge on any atom is -0.491 e. The molecule has 0 aliphatic carbocycles. The number of benzene rings is 2. The molecule has 4 aromatic rings. The number of esters is 1. The van der Waals surface area contributed by atoms with Crippen molar-refractivity contribution in [1.82, 2.24) is 19.9 Å². The number of ether oxygens (including phenoxy) is 2. The monoisotopic (exact) mass is 528 g/mol. The number of fused-ring (bicyclic) bond motifs is 1. The van der Waals surface area contributed by atoms with E-state index in [0.29, 0.717) is 6.42 Å². The predicted octanol–water partition coefficient (Wildman–Crippen LogP) is 5.54. The summed E-state index contributed by atoms with van der Waals surface area (Å²) in [5, 5.41) is 7.80. The number of carbonyl (C=O) groups is 2. The summed E-state index contributed by atoms with van der Waals surface area (Å²) in [4.78, 5) is 30.2. The summed E-state index contributed by atoms with van der Waals surface area (Å²) in [5.74, 6) is 0.216. The van der Waals surface area contributed by atoms with Crippen molar-refractivity contribution in [2.45, 2.75) is 66.0 Å². The van der Waals surface area contributed by atoms with E-state index in [0.717, 1.165) is 45.2 Å². The van der Waals surface area contributed by atoms with Crippen LogP contribution in [0.3, 0.4) is 0 Å². The maximum Gasteiger partial charge on any atom is 0.308 e. The number of carbonyl (C=O) groups excluding carboxylic acids is 2. The lowest BCUT2D eigenvalue weighted by molar-refractivity contribution is -0.143. The maximum absolute atomic E-state index is 13.1. The van der Waals surface area contributed by atoms with E-state index in [4.69, 9.17) is 19.6 Å². The molecule has 0 aliphatic rings. The predicted molar refractivity (Wildman–Crippen MR) is 151 cm³/mol. The van der Waals surface area contributed by atoms with Crippen molar-refractivity contribution in [2.24, 2.45) is 0 Å². The molecule has 0 radical (unpaired) electrons. The molecule has 0 aliphatic heterocycles. The van der Waals surface area contributed by atoms with Crippen LogP contribution in [0.15, 0.2) is 60.7 Å². The molecule has 1 amide bonds. The Bertz CT molecular complexity index is 1430. The number of amides is 1. The number of rotatable bonds is 11. The van der Waals surface area contributed by atoms with E-state index >= 15 is 0 Å². The van der Waals surface area contributed by atoms with Crippen molar-refractivity contribution in [1.29, 1.82) is 0 Å². The number of aromatic nitrogens is 3. The van der Waals surface area contributed by atoms with E-state index in [-0.39, 0.29) is 37.4 Å². The van der Waals surface area contributed by atoms with Gasteiger partial charge in [-0.25, -0.2) is 9.50 Å². The zero-order valence-corrected chi connectivity index (χ0v) is 23.2. The van der Waals surface area contributed by atoms with Gasteiger partial charge in [0.05, 0.1) is 30.9 Å². The molecule has 2 aromatic heterocycles. The lowest BCUT2D eigenvalue weighted by Gasteiger charge is -2.20. The van der Waals surface area contributed by atoms with Gasteiger partial charge in [0.2, 0.25) is 5.91 Å². The van der Waals surface area contributed by atoms with Gasteiger partial charge in [-0.1, -0.05) is 42.5 Å². The summed E-state index contributed by atoms with van der Waals surface area (Å²) in [7, 11) is 0. The lowest BCUT2D eigenvalue weighted by Crippen LogP contribution is -2.31. The molecule has 2 aromatic carbocycles. The second-order valence-electron chi connectivity index (χ2n) is 9.79. The van der Waals surface area contributed by atoms with Crippen molar-refractivity contribution in [2.75, 3.05) is 6.61 Å². The van der Waals surface area contributed by atoms with Gasteiger partial charge >= 0.3 is 5.97 Å². The smallest absolute Gasteiger partial charge is 0.308 e. The third kappa shape index (κ3) is 7.02.